The van der Waals surface area contributed by atoms with Gasteiger partial charge in [0.2, 0.25) is 0 Å². The summed E-state index contributed by atoms with van der Waals surface area (Å²) < 4.78 is 0.412. The van der Waals surface area contributed by atoms with Crippen LogP contribution in [0.5, 0.6) is 0 Å². The fraction of sp³-hybridized carbons (Fsp3) is 0.167. The van der Waals surface area contributed by atoms with E-state index < -0.39 is 0 Å². The minimum Gasteiger partial charge on any atom is -0.116 e. The van der Waals surface area contributed by atoms with Crippen molar-refractivity contribution >= 4 is 45.0 Å². The van der Waals surface area contributed by atoms with E-state index in [1.807, 2.05) is 0 Å². The molecule has 1 aliphatic rings. The van der Waals surface area contributed by atoms with Crippen LogP contribution < -0.4 is 0 Å². The Kier molecular flexibility index (Phi) is 1.99. The van der Waals surface area contributed by atoms with Gasteiger partial charge in [-0.3, -0.25) is 0 Å². The van der Waals surface area contributed by atoms with Crippen molar-refractivity contribution in [1.82, 2.24) is 0 Å². The summed E-state index contributed by atoms with van der Waals surface area (Å²) in [6, 6.07) is 12.8. The maximum Gasteiger partial charge on any atom is 0.0750 e. The van der Waals surface area contributed by atoms with E-state index in [-0.39, 0.29) is 5.38 Å². The van der Waals surface area contributed by atoms with E-state index in [1.165, 1.54) is 21.9 Å². The molecule has 0 saturated carbocycles. The molecular formula is C12H8ClI. The third-order valence-corrected chi connectivity index (χ3v) is 5.12. The Morgan fingerprint density at radius 2 is 1.64 bits per heavy atom. The average Bonchev–Trinajstić information content (AvgIpc) is 2.47. The fourth-order valence-corrected chi connectivity index (χ4v) is 3.40. The molecule has 2 aromatic carbocycles. The molecule has 2 atom stereocenters. The second kappa shape index (κ2) is 3.11. The van der Waals surface area contributed by atoms with Gasteiger partial charge in [0.15, 0.2) is 0 Å². The van der Waals surface area contributed by atoms with Crippen LogP contribution in [0.4, 0.5) is 0 Å². The molecule has 0 aliphatic heterocycles. The molecule has 2 heteroatoms. The lowest BCUT2D eigenvalue weighted by molar-refractivity contribution is 0.985. The van der Waals surface area contributed by atoms with Gasteiger partial charge in [-0.15, -0.1) is 11.6 Å². The maximum absolute atomic E-state index is 6.39. The Morgan fingerprint density at radius 1 is 1.00 bits per heavy atom. The zero-order valence-electron chi connectivity index (χ0n) is 7.37. The lowest BCUT2D eigenvalue weighted by atomic mass is 10.1. The number of hydrogen-bond donors (Lipinski definition) is 0. The van der Waals surface area contributed by atoms with Crippen LogP contribution in [0.3, 0.4) is 0 Å². The fourth-order valence-electron chi connectivity index (χ4n) is 2.17. The Labute approximate surface area is 101 Å². The van der Waals surface area contributed by atoms with E-state index in [2.05, 4.69) is 59.0 Å². The molecule has 0 bridgehead atoms. The summed E-state index contributed by atoms with van der Waals surface area (Å²) in [7, 11) is 0. The van der Waals surface area contributed by atoms with Crippen molar-refractivity contribution in [2.75, 3.05) is 0 Å². The third kappa shape index (κ3) is 1.06. The predicted molar refractivity (Wildman–Crippen MR) is 69.3 cm³/mol. The standard InChI is InChI=1S/C12H8ClI/c13-11-8-5-1-3-7-4-2-6-9(10(7)8)12(11)14/h1-6,11-12H. The van der Waals surface area contributed by atoms with Gasteiger partial charge in [-0.2, -0.15) is 0 Å². The summed E-state index contributed by atoms with van der Waals surface area (Å²) in [4.78, 5) is 0. The Balaban J connectivity index is 2.49. The van der Waals surface area contributed by atoms with Crippen LogP contribution in [0, 0.1) is 0 Å². The monoisotopic (exact) mass is 314 g/mol. The van der Waals surface area contributed by atoms with Gasteiger partial charge in [-0.25, -0.2) is 0 Å². The van der Waals surface area contributed by atoms with Gasteiger partial charge in [0.1, 0.15) is 0 Å². The Bertz CT molecular complexity index is 464. The van der Waals surface area contributed by atoms with Crippen molar-refractivity contribution in [2.24, 2.45) is 0 Å². The van der Waals surface area contributed by atoms with Crippen molar-refractivity contribution < 1.29 is 0 Å². The number of alkyl halides is 2. The van der Waals surface area contributed by atoms with Crippen LogP contribution in [0.15, 0.2) is 36.4 Å². The second-order valence-electron chi connectivity index (χ2n) is 3.60. The molecule has 1 aliphatic carbocycles. The van der Waals surface area contributed by atoms with Crippen molar-refractivity contribution in [2.45, 2.75) is 9.30 Å². The highest BCUT2D eigenvalue weighted by Gasteiger charge is 2.30. The number of halogens is 2. The quantitative estimate of drug-likeness (QED) is 0.492. The summed E-state index contributed by atoms with van der Waals surface area (Å²) in [5.41, 5.74) is 2.68. The van der Waals surface area contributed by atoms with Crippen LogP contribution in [-0.4, -0.2) is 0 Å². The van der Waals surface area contributed by atoms with Crippen LogP contribution in [0.25, 0.3) is 10.8 Å². The molecule has 2 aromatic rings. The SMILES string of the molecule is ClC1c2cccc3cccc(c23)C1I. The lowest BCUT2D eigenvalue weighted by Crippen LogP contribution is -1.88. The first-order valence-corrected chi connectivity index (χ1v) is 6.27. The van der Waals surface area contributed by atoms with Gasteiger partial charge in [0, 0.05) is 0 Å². The van der Waals surface area contributed by atoms with Crippen LogP contribution in [-0.2, 0) is 0 Å². The molecule has 0 nitrogen and oxygen atoms in total. The zero-order chi connectivity index (χ0) is 9.71. The van der Waals surface area contributed by atoms with E-state index in [1.54, 1.807) is 0 Å². The molecule has 0 heterocycles. The number of benzene rings is 2. The molecule has 3 rings (SSSR count). The lowest BCUT2D eigenvalue weighted by Gasteiger charge is -2.06. The first-order chi connectivity index (χ1) is 6.79. The van der Waals surface area contributed by atoms with Crippen molar-refractivity contribution in [3.05, 3.63) is 47.5 Å². The van der Waals surface area contributed by atoms with E-state index in [4.69, 9.17) is 11.6 Å². The molecule has 0 spiro atoms. The molecule has 0 fully saturated rings. The van der Waals surface area contributed by atoms with Gasteiger partial charge in [-0.1, -0.05) is 59.0 Å². The summed E-state index contributed by atoms with van der Waals surface area (Å²) in [5, 5.41) is 2.82. The predicted octanol–water partition coefficient (Wildman–Crippen LogP) is 4.61. The topological polar surface area (TPSA) is 0 Å². The minimum atomic E-state index is 0.136. The highest BCUT2D eigenvalue weighted by Crippen LogP contribution is 2.51. The molecular weight excluding hydrogens is 306 g/mol. The van der Waals surface area contributed by atoms with E-state index >= 15 is 0 Å². The van der Waals surface area contributed by atoms with Crippen LogP contribution in [0.1, 0.15) is 20.4 Å². The average molecular weight is 315 g/mol. The van der Waals surface area contributed by atoms with Crippen molar-refractivity contribution in [1.29, 1.82) is 0 Å². The minimum absolute atomic E-state index is 0.136. The van der Waals surface area contributed by atoms with Gasteiger partial charge >= 0.3 is 0 Å². The number of hydrogen-bond acceptors (Lipinski definition) is 0. The molecule has 14 heavy (non-hydrogen) atoms. The van der Waals surface area contributed by atoms with Crippen LogP contribution in [0.2, 0.25) is 0 Å². The first kappa shape index (κ1) is 8.98. The van der Waals surface area contributed by atoms with Gasteiger partial charge in [0.05, 0.1) is 9.30 Å². The molecule has 2 unspecified atom stereocenters. The largest absolute Gasteiger partial charge is 0.116 e. The summed E-state index contributed by atoms with van der Waals surface area (Å²) in [5.74, 6) is 0. The molecule has 0 saturated heterocycles. The van der Waals surface area contributed by atoms with Gasteiger partial charge in [-0.05, 0) is 21.9 Å². The van der Waals surface area contributed by atoms with Crippen molar-refractivity contribution in [3.8, 4) is 0 Å². The van der Waals surface area contributed by atoms with E-state index in [9.17, 15) is 0 Å². The van der Waals surface area contributed by atoms with Gasteiger partial charge < -0.3 is 0 Å². The molecule has 0 amide bonds. The van der Waals surface area contributed by atoms with Crippen molar-refractivity contribution in [3.63, 3.8) is 0 Å². The highest BCUT2D eigenvalue weighted by atomic mass is 127. The third-order valence-electron chi connectivity index (χ3n) is 2.82. The van der Waals surface area contributed by atoms with Crippen LogP contribution >= 0.6 is 34.2 Å². The normalized spacial score (nSPS) is 24.4. The molecule has 0 radical (unpaired) electrons. The smallest absolute Gasteiger partial charge is 0.0750 e. The Morgan fingerprint density at radius 3 is 2.36 bits per heavy atom. The van der Waals surface area contributed by atoms with Gasteiger partial charge in [0.25, 0.3) is 0 Å². The second-order valence-corrected chi connectivity index (χ2v) is 5.41. The van der Waals surface area contributed by atoms with E-state index in [0.29, 0.717) is 3.92 Å². The summed E-state index contributed by atoms with van der Waals surface area (Å²) in [6.07, 6.45) is 0. The van der Waals surface area contributed by atoms with E-state index in [0.717, 1.165) is 0 Å². The maximum atomic E-state index is 6.39. The summed E-state index contributed by atoms with van der Waals surface area (Å²) >= 11 is 8.82. The number of rotatable bonds is 0. The highest BCUT2D eigenvalue weighted by molar-refractivity contribution is 14.1. The molecule has 0 aromatic heterocycles. The summed E-state index contributed by atoms with van der Waals surface area (Å²) in [6.45, 7) is 0. The first-order valence-electron chi connectivity index (χ1n) is 4.59. The Hall–Kier alpha value is -0.280. The molecule has 70 valence electrons. The molecule has 0 N–H and O–H groups in total. The zero-order valence-corrected chi connectivity index (χ0v) is 10.3.